The van der Waals surface area contributed by atoms with Crippen molar-refractivity contribution in [1.29, 1.82) is 0 Å². The molecular formula is C13H19NO4. The van der Waals surface area contributed by atoms with Gasteiger partial charge in [0, 0.05) is 13.7 Å². The number of methoxy groups -OCH3 is 2. The summed E-state index contributed by atoms with van der Waals surface area (Å²) in [5.74, 6) is -0.252. The summed E-state index contributed by atoms with van der Waals surface area (Å²) in [4.78, 5) is 11.2. The maximum absolute atomic E-state index is 11.2. The second kappa shape index (κ2) is 7.68. The van der Waals surface area contributed by atoms with Crippen molar-refractivity contribution in [2.75, 3.05) is 27.4 Å². The summed E-state index contributed by atoms with van der Waals surface area (Å²) in [6.07, 6.45) is 0.768. The number of benzene rings is 1. The van der Waals surface area contributed by atoms with Gasteiger partial charge in [0.05, 0.1) is 7.11 Å². The van der Waals surface area contributed by atoms with Crippen LogP contribution < -0.4 is 10.1 Å². The minimum absolute atomic E-state index is 0.585. The normalized spacial score (nSPS) is 12.1. The van der Waals surface area contributed by atoms with Crippen LogP contribution in [-0.4, -0.2) is 38.4 Å². The molecule has 0 amide bonds. The number of carboxylic acid groups (broad SMARTS) is 1. The van der Waals surface area contributed by atoms with Crippen LogP contribution in [0.3, 0.4) is 0 Å². The predicted octanol–water partition coefficient (Wildman–Crippen LogP) is 1.45. The Morgan fingerprint density at radius 2 is 2.22 bits per heavy atom. The summed E-state index contributed by atoms with van der Waals surface area (Å²) < 4.78 is 10.0. The fraction of sp³-hybridized carbons (Fsp3) is 0.462. The molecule has 0 radical (unpaired) electrons. The van der Waals surface area contributed by atoms with Crippen molar-refractivity contribution in [3.05, 3.63) is 29.8 Å². The monoisotopic (exact) mass is 253 g/mol. The predicted molar refractivity (Wildman–Crippen MR) is 67.9 cm³/mol. The second-order valence-electron chi connectivity index (χ2n) is 3.85. The van der Waals surface area contributed by atoms with Gasteiger partial charge >= 0.3 is 5.97 Å². The first-order chi connectivity index (χ1) is 8.69. The highest BCUT2D eigenvalue weighted by Gasteiger charge is 2.19. The molecule has 0 fully saturated rings. The smallest absolute Gasteiger partial charge is 0.325 e. The van der Waals surface area contributed by atoms with Crippen molar-refractivity contribution in [2.45, 2.75) is 12.5 Å². The van der Waals surface area contributed by atoms with Gasteiger partial charge in [-0.3, -0.25) is 4.79 Å². The minimum atomic E-state index is -0.902. The second-order valence-corrected chi connectivity index (χ2v) is 3.85. The van der Waals surface area contributed by atoms with Gasteiger partial charge in [-0.05, 0) is 30.7 Å². The first kappa shape index (κ1) is 14.5. The molecule has 1 rings (SSSR count). The molecule has 2 N–H and O–H groups in total. The van der Waals surface area contributed by atoms with E-state index in [2.05, 4.69) is 5.32 Å². The molecule has 100 valence electrons. The molecule has 0 heterocycles. The topological polar surface area (TPSA) is 67.8 Å². The van der Waals surface area contributed by atoms with E-state index in [1.807, 2.05) is 0 Å². The summed E-state index contributed by atoms with van der Waals surface area (Å²) in [6, 6.07) is 6.33. The molecule has 0 spiro atoms. The van der Waals surface area contributed by atoms with Crippen LogP contribution in [0.1, 0.15) is 18.0 Å². The van der Waals surface area contributed by atoms with E-state index < -0.39 is 12.0 Å². The molecule has 1 aromatic carbocycles. The van der Waals surface area contributed by atoms with Crippen LogP contribution in [0.2, 0.25) is 0 Å². The molecule has 1 aromatic rings. The lowest BCUT2D eigenvalue weighted by molar-refractivity contribution is -0.139. The Hall–Kier alpha value is -1.59. The molecule has 18 heavy (non-hydrogen) atoms. The maximum Gasteiger partial charge on any atom is 0.325 e. The van der Waals surface area contributed by atoms with E-state index >= 15 is 0 Å². The van der Waals surface area contributed by atoms with Crippen molar-refractivity contribution in [3.8, 4) is 5.75 Å². The summed E-state index contributed by atoms with van der Waals surface area (Å²) in [5, 5.41) is 12.2. The first-order valence-corrected chi connectivity index (χ1v) is 5.78. The lowest BCUT2D eigenvalue weighted by atomic mass is 10.1. The molecule has 1 atom stereocenters. The standard InChI is InChI=1S/C13H19NO4/c1-17-8-4-7-14-12(13(15)16)10-5-3-6-11(9-10)18-2/h3,5-6,9,12,14H,4,7-8H2,1-2H3,(H,15,16). The van der Waals surface area contributed by atoms with Crippen LogP contribution in [0.25, 0.3) is 0 Å². The average Bonchev–Trinajstić information content (AvgIpc) is 2.38. The van der Waals surface area contributed by atoms with Crippen molar-refractivity contribution < 1.29 is 19.4 Å². The zero-order chi connectivity index (χ0) is 13.4. The Morgan fingerprint density at radius 1 is 1.44 bits per heavy atom. The highest BCUT2D eigenvalue weighted by Crippen LogP contribution is 2.19. The summed E-state index contributed by atoms with van der Waals surface area (Å²) in [7, 11) is 3.18. The molecular weight excluding hydrogens is 234 g/mol. The van der Waals surface area contributed by atoms with E-state index in [1.165, 1.54) is 0 Å². The largest absolute Gasteiger partial charge is 0.497 e. The van der Waals surface area contributed by atoms with E-state index in [9.17, 15) is 9.90 Å². The van der Waals surface area contributed by atoms with Gasteiger partial charge in [-0.15, -0.1) is 0 Å². The van der Waals surface area contributed by atoms with Gasteiger partial charge in [0.25, 0.3) is 0 Å². The number of hydrogen-bond donors (Lipinski definition) is 2. The van der Waals surface area contributed by atoms with Crippen LogP contribution in [0.15, 0.2) is 24.3 Å². The van der Waals surface area contributed by atoms with Gasteiger partial charge in [0.1, 0.15) is 11.8 Å². The lowest BCUT2D eigenvalue weighted by Crippen LogP contribution is -2.29. The molecule has 0 aliphatic rings. The van der Waals surface area contributed by atoms with Crippen molar-refractivity contribution >= 4 is 5.97 Å². The number of carboxylic acids is 1. The third-order valence-electron chi connectivity index (χ3n) is 2.55. The minimum Gasteiger partial charge on any atom is -0.497 e. The van der Waals surface area contributed by atoms with Crippen molar-refractivity contribution in [1.82, 2.24) is 5.32 Å². The van der Waals surface area contributed by atoms with Gasteiger partial charge in [-0.2, -0.15) is 0 Å². The van der Waals surface area contributed by atoms with E-state index in [0.29, 0.717) is 24.5 Å². The van der Waals surface area contributed by atoms with Gasteiger partial charge < -0.3 is 19.9 Å². The third kappa shape index (κ3) is 4.35. The maximum atomic E-state index is 11.2. The highest BCUT2D eigenvalue weighted by atomic mass is 16.5. The van der Waals surface area contributed by atoms with Crippen molar-refractivity contribution in [3.63, 3.8) is 0 Å². The van der Waals surface area contributed by atoms with Crippen LogP contribution in [0, 0.1) is 0 Å². The Labute approximate surface area is 107 Å². The highest BCUT2D eigenvalue weighted by molar-refractivity contribution is 5.75. The van der Waals surface area contributed by atoms with E-state index in [-0.39, 0.29) is 0 Å². The zero-order valence-electron chi connectivity index (χ0n) is 10.7. The van der Waals surface area contributed by atoms with Gasteiger partial charge in [-0.1, -0.05) is 12.1 Å². The van der Waals surface area contributed by atoms with Crippen LogP contribution in [0.4, 0.5) is 0 Å². The number of hydrogen-bond acceptors (Lipinski definition) is 4. The molecule has 0 aliphatic heterocycles. The Bertz CT molecular complexity index is 381. The number of aliphatic carboxylic acids is 1. The first-order valence-electron chi connectivity index (χ1n) is 5.78. The molecule has 0 bridgehead atoms. The Morgan fingerprint density at radius 3 is 2.83 bits per heavy atom. The average molecular weight is 253 g/mol. The fourth-order valence-electron chi connectivity index (χ4n) is 1.63. The van der Waals surface area contributed by atoms with Crippen molar-refractivity contribution in [2.24, 2.45) is 0 Å². The lowest BCUT2D eigenvalue weighted by Gasteiger charge is -2.15. The third-order valence-corrected chi connectivity index (χ3v) is 2.55. The molecule has 1 unspecified atom stereocenters. The molecule has 0 saturated carbocycles. The van der Waals surface area contributed by atoms with Gasteiger partial charge in [0.2, 0.25) is 0 Å². The molecule has 0 aromatic heterocycles. The Kier molecular flexibility index (Phi) is 6.18. The number of ether oxygens (including phenoxy) is 2. The fourth-order valence-corrected chi connectivity index (χ4v) is 1.63. The summed E-state index contributed by atoms with van der Waals surface area (Å²) >= 11 is 0. The van der Waals surface area contributed by atoms with Crippen LogP contribution in [0.5, 0.6) is 5.75 Å². The number of rotatable bonds is 8. The van der Waals surface area contributed by atoms with Gasteiger partial charge in [-0.25, -0.2) is 0 Å². The van der Waals surface area contributed by atoms with E-state index in [0.717, 1.165) is 6.42 Å². The molecule has 0 saturated heterocycles. The summed E-state index contributed by atoms with van der Waals surface area (Å²) in [5.41, 5.74) is 0.680. The number of carbonyl (C=O) groups is 1. The quantitative estimate of drug-likeness (QED) is 0.686. The van der Waals surface area contributed by atoms with E-state index in [4.69, 9.17) is 9.47 Å². The Balaban J connectivity index is 2.68. The van der Waals surface area contributed by atoms with Crippen LogP contribution in [-0.2, 0) is 9.53 Å². The summed E-state index contributed by atoms with van der Waals surface area (Å²) in [6.45, 7) is 1.19. The zero-order valence-corrected chi connectivity index (χ0v) is 10.7. The molecule has 5 nitrogen and oxygen atoms in total. The number of nitrogens with one attached hydrogen (secondary N) is 1. The van der Waals surface area contributed by atoms with Gasteiger partial charge in [0.15, 0.2) is 0 Å². The molecule has 0 aliphatic carbocycles. The van der Waals surface area contributed by atoms with Crippen LogP contribution >= 0.6 is 0 Å². The van der Waals surface area contributed by atoms with E-state index in [1.54, 1.807) is 38.5 Å². The SMILES string of the molecule is COCCCNC(C(=O)O)c1cccc(OC)c1. The molecule has 5 heteroatoms.